The van der Waals surface area contributed by atoms with Crippen LogP contribution in [0.15, 0.2) is 29.2 Å². The van der Waals surface area contributed by atoms with Gasteiger partial charge in [-0.3, -0.25) is 14.5 Å². The molecule has 21 heavy (non-hydrogen) atoms. The van der Waals surface area contributed by atoms with Gasteiger partial charge in [-0.25, -0.2) is 4.79 Å². The van der Waals surface area contributed by atoms with Crippen LogP contribution >= 0.6 is 34.4 Å². The number of carbonyl (C=O) groups excluding carboxylic acids is 3. The monoisotopic (exact) mass is 417 g/mol. The van der Waals surface area contributed by atoms with Crippen LogP contribution in [0.1, 0.15) is 12.5 Å². The highest BCUT2D eigenvalue weighted by Gasteiger charge is 2.41. The molecule has 0 aromatic heterocycles. The molecule has 0 bridgehead atoms. The Kier molecular flexibility index (Phi) is 5.04. The van der Waals surface area contributed by atoms with Crippen molar-refractivity contribution in [3.8, 4) is 0 Å². The van der Waals surface area contributed by atoms with E-state index in [9.17, 15) is 14.4 Å². The molecule has 1 heterocycles. The zero-order valence-electron chi connectivity index (χ0n) is 11.3. The number of rotatable bonds is 3. The first-order chi connectivity index (χ1) is 9.93. The Hall–Kier alpha value is -1.35. The molecule has 1 saturated heterocycles. The van der Waals surface area contributed by atoms with E-state index in [-0.39, 0.29) is 0 Å². The first kappa shape index (κ1) is 16.0. The van der Waals surface area contributed by atoms with E-state index in [0.29, 0.717) is 4.91 Å². The number of esters is 1. The van der Waals surface area contributed by atoms with Crippen molar-refractivity contribution in [2.24, 2.45) is 0 Å². The number of carbonyl (C=O) groups is 3. The van der Waals surface area contributed by atoms with Crippen LogP contribution in [-0.2, 0) is 14.3 Å². The lowest BCUT2D eigenvalue weighted by molar-refractivity contribution is -0.148. The minimum absolute atomic E-state index is 0.303. The molecule has 1 aliphatic heterocycles. The number of halogens is 1. The Balaban J connectivity index is 2.25. The van der Waals surface area contributed by atoms with Gasteiger partial charge in [-0.1, -0.05) is 12.1 Å². The Bertz CT molecular complexity index is 626. The van der Waals surface area contributed by atoms with E-state index in [1.54, 1.807) is 6.08 Å². The zero-order valence-corrected chi connectivity index (χ0v) is 14.3. The summed E-state index contributed by atoms with van der Waals surface area (Å²) in [5, 5.41) is -0.463. The number of methoxy groups -OCH3 is 1. The topological polar surface area (TPSA) is 63.7 Å². The minimum Gasteiger partial charge on any atom is -0.467 e. The molecule has 0 saturated carbocycles. The molecule has 0 unspecified atom stereocenters. The molecule has 110 valence electrons. The van der Waals surface area contributed by atoms with Crippen molar-refractivity contribution in [3.05, 3.63) is 38.3 Å². The molecule has 1 aromatic carbocycles. The van der Waals surface area contributed by atoms with Gasteiger partial charge in [0.05, 0.1) is 12.0 Å². The van der Waals surface area contributed by atoms with Crippen LogP contribution in [0, 0.1) is 3.57 Å². The number of ether oxygens (including phenoxy) is 1. The van der Waals surface area contributed by atoms with Gasteiger partial charge in [0.25, 0.3) is 11.1 Å². The Morgan fingerprint density at radius 2 is 1.95 bits per heavy atom. The summed E-state index contributed by atoms with van der Waals surface area (Å²) in [5.74, 6) is -1.09. The number of nitrogens with zero attached hydrogens (tertiary/aromatic N) is 1. The number of thioether (sulfide) groups is 1. The summed E-state index contributed by atoms with van der Waals surface area (Å²) in [6.45, 7) is 1.47. The van der Waals surface area contributed by atoms with Crippen molar-refractivity contribution in [2.45, 2.75) is 13.0 Å². The van der Waals surface area contributed by atoms with E-state index in [4.69, 9.17) is 0 Å². The van der Waals surface area contributed by atoms with Crippen LogP contribution in [-0.4, -0.2) is 35.2 Å². The quantitative estimate of drug-likeness (QED) is 0.430. The molecular weight excluding hydrogens is 405 g/mol. The molecule has 0 aliphatic carbocycles. The molecule has 1 fully saturated rings. The highest BCUT2D eigenvalue weighted by Crippen LogP contribution is 2.33. The smallest absolute Gasteiger partial charge is 0.328 e. The van der Waals surface area contributed by atoms with Crippen LogP contribution in [0.25, 0.3) is 6.08 Å². The summed E-state index contributed by atoms with van der Waals surface area (Å²) in [5.41, 5.74) is 0.826. The van der Waals surface area contributed by atoms with Crippen LogP contribution in [0.5, 0.6) is 0 Å². The van der Waals surface area contributed by atoms with Crippen LogP contribution in [0.4, 0.5) is 4.79 Å². The fraction of sp³-hybridized carbons (Fsp3) is 0.214. The molecule has 2 rings (SSSR count). The predicted molar refractivity (Wildman–Crippen MR) is 88.4 cm³/mol. The normalized spacial score (nSPS) is 18.2. The van der Waals surface area contributed by atoms with E-state index in [1.807, 2.05) is 24.3 Å². The van der Waals surface area contributed by atoms with Gasteiger partial charge in [-0.2, -0.15) is 0 Å². The van der Waals surface area contributed by atoms with Crippen molar-refractivity contribution < 1.29 is 19.1 Å². The fourth-order valence-corrected chi connectivity index (χ4v) is 3.07. The first-order valence-electron chi connectivity index (χ1n) is 6.04. The molecule has 2 amide bonds. The molecular formula is C14H12INO4S. The zero-order chi connectivity index (χ0) is 15.6. The van der Waals surface area contributed by atoms with Crippen molar-refractivity contribution >= 4 is 57.5 Å². The molecule has 7 heteroatoms. The number of amides is 2. The average molecular weight is 417 g/mol. The lowest BCUT2D eigenvalue weighted by Gasteiger charge is -2.18. The summed E-state index contributed by atoms with van der Waals surface area (Å²) < 4.78 is 5.65. The minimum atomic E-state index is -0.926. The maximum absolute atomic E-state index is 12.3. The van der Waals surface area contributed by atoms with Crippen LogP contribution in [0.3, 0.4) is 0 Å². The first-order valence-corrected chi connectivity index (χ1v) is 7.94. The summed E-state index contributed by atoms with van der Waals surface area (Å²) in [4.78, 5) is 36.9. The molecule has 0 N–H and O–H groups in total. The van der Waals surface area contributed by atoms with Gasteiger partial charge < -0.3 is 4.74 Å². The second-order valence-electron chi connectivity index (χ2n) is 4.30. The maximum Gasteiger partial charge on any atom is 0.328 e. The van der Waals surface area contributed by atoms with Crippen molar-refractivity contribution in [1.82, 2.24) is 4.90 Å². The maximum atomic E-state index is 12.3. The van der Waals surface area contributed by atoms with Crippen LogP contribution in [0.2, 0.25) is 0 Å². The molecule has 0 spiro atoms. The second-order valence-corrected chi connectivity index (χ2v) is 6.54. The van der Waals surface area contributed by atoms with E-state index < -0.39 is 23.2 Å². The predicted octanol–water partition coefficient (Wildman–Crippen LogP) is 2.89. The Labute approximate surface area is 139 Å². The number of imide groups is 1. The molecule has 1 aromatic rings. The molecule has 5 nitrogen and oxygen atoms in total. The van der Waals surface area contributed by atoms with E-state index >= 15 is 0 Å². The lowest BCUT2D eigenvalue weighted by Crippen LogP contribution is -2.42. The summed E-state index contributed by atoms with van der Waals surface area (Å²) in [7, 11) is 1.22. The molecule has 1 atom stereocenters. The van der Waals surface area contributed by atoms with Crippen molar-refractivity contribution in [2.75, 3.05) is 7.11 Å². The molecule has 1 aliphatic rings. The summed E-state index contributed by atoms with van der Waals surface area (Å²) in [6, 6.07) is 6.62. The van der Waals surface area contributed by atoms with Gasteiger partial charge >= 0.3 is 5.97 Å². The SMILES string of the molecule is COC(=O)[C@H](C)N1C(=O)S/C(=C/c2ccc(I)cc2)C1=O. The third-order valence-electron chi connectivity index (χ3n) is 2.92. The van der Waals surface area contributed by atoms with E-state index in [0.717, 1.165) is 25.8 Å². The van der Waals surface area contributed by atoms with Crippen molar-refractivity contribution in [1.29, 1.82) is 0 Å². The third kappa shape index (κ3) is 3.46. The van der Waals surface area contributed by atoms with Gasteiger partial charge in [0.2, 0.25) is 0 Å². The largest absolute Gasteiger partial charge is 0.467 e. The molecule has 0 radical (unpaired) electrons. The van der Waals surface area contributed by atoms with E-state index in [1.165, 1.54) is 14.0 Å². The Morgan fingerprint density at radius 3 is 2.52 bits per heavy atom. The Morgan fingerprint density at radius 1 is 1.33 bits per heavy atom. The van der Waals surface area contributed by atoms with Crippen molar-refractivity contribution in [3.63, 3.8) is 0 Å². The fourth-order valence-electron chi connectivity index (χ4n) is 1.80. The van der Waals surface area contributed by atoms with Gasteiger partial charge in [0.15, 0.2) is 0 Å². The number of hydrogen-bond donors (Lipinski definition) is 0. The highest BCUT2D eigenvalue weighted by molar-refractivity contribution is 14.1. The third-order valence-corrected chi connectivity index (χ3v) is 4.52. The van der Waals surface area contributed by atoms with E-state index in [2.05, 4.69) is 27.3 Å². The average Bonchev–Trinajstić information content (AvgIpc) is 2.74. The van der Waals surface area contributed by atoms with Gasteiger partial charge in [-0.15, -0.1) is 0 Å². The van der Waals surface area contributed by atoms with Gasteiger partial charge in [0.1, 0.15) is 6.04 Å². The number of benzene rings is 1. The number of hydrogen-bond acceptors (Lipinski definition) is 5. The highest BCUT2D eigenvalue weighted by atomic mass is 127. The van der Waals surface area contributed by atoms with Gasteiger partial charge in [-0.05, 0) is 65.0 Å². The van der Waals surface area contributed by atoms with Crippen LogP contribution < -0.4 is 0 Å². The summed E-state index contributed by atoms with van der Waals surface area (Å²) >= 11 is 3.01. The van der Waals surface area contributed by atoms with Gasteiger partial charge in [0, 0.05) is 3.57 Å². The standard InChI is InChI=1S/C14H12INO4S/c1-8(13(18)20-2)16-12(17)11(21-14(16)19)7-9-3-5-10(15)6-4-9/h3-8H,1-2H3/b11-7+/t8-/m0/s1. The second kappa shape index (κ2) is 6.61. The lowest BCUT2D eigenvalue weighted by atomic mass is 10.2. The summed E-state index contributed by atoms with van der Waals surface area (Å²) in [6.07, 6.45) is 1.64.